The summed E-state index contributed by atoms with van der Waals surface area (Å²) in [6, 6.07) is 7.16. The van der Waals surface area contributed by atoms with Crippen LogP contribution in [0.2, 0.25) is 0 Å². The van der Waals surface area contributed by atoms with Gasteiger partial charge in [0, 0.05) is 12.4 Å². The zero-order valence-corrected chi connectivity index (χ0v) is 10.4. The Morgan fingerprint density at radius 3 is 2.72 bits per heavy atom. The van der Waals surface area contributed by atoms with Gasteiger partial charge in [-0.3, -0.25) is 9.78 Å². The minimum Gasteiger partial charge on any atom is -0.397 e. The highest BCUT2D eigenvalue weighted by atomic mass is 16.1. The lowest BCUT2D eigenvalue weighted by molar-refractivity contribution is 0.102. The van der Waals surface area contributed by atoms with Gasteiger partial charge in [-0.25, -0.2) is 0 Å². The van der Waals surface area contributed by atoms with Gasteiger partial charge in [-0.15, -0.1) is 0 Å². The summed E-state index contributed by atoms with van der Waals surface area (Å²) in [4.78, 5) is 15.9. The first-order valence-electron chi connectivity index (χ1n) is 5.66. The van der Waals surface area contributed by atoms with Gasteiger partial charge >= 0.3 is 0 Å². The Morgan fingerprint density at radius 2 is 2.06 bits per heavy atom. The summed E-state index contributed by atoms with van der Waals surface area (Å²) in [5.74, 6) is -0.205. The second-order valence-electron chi connectivity index (χ2n) is 4.17. The molecule has 0 bridgehead atoms. The Morgan fingerprint density at radius 1 is 1.28 bits per heavy atom. The highest BCUT2D eigenvalue weighted by Crippen LogP contribution is 2.26. The van der Waals surface area contributed by atoms with Crippen LogP contribution in [0.15, 0.2) is 36.7 Å². The molecule has 0 spiro atoms. The fraction of sp³-hybridized carbons (Fsp3) is 0.143. The first kappa shape index (κ1) is 12.1. The molecule has 1 heterocycles. The van der Waals surface area contributed by atoms with Crippen LogP contribution in [0, 0.1) is 13.8 Å². The van der Waals surface area contributed by atoms with E-state index in [-0.39, 0.29) is 5.91 Å². The summed E-state index contributed by atoms with van der Waals surface area (Å²) in [5, 5.41) is 2.83. The minimum atomic E-state index is -0.205. The van der Waals surface area contributed by atoms with Crippen molar-refractivity contribution in [3.05, 3.63) is 53.3 Å². The lowest BCUT2D eigenvalue weighted by atomic mass is 10.1. The van der Waals surface area contributed by atoms with Crippen molar-refractivity contribution in [3.8, 4) is 0 Å². The van der Waals surface area contributed by atoms with Crippen LogP contribution in [-0.4, -0.2) is 10.9 Å². The second kappa shape index (κ2) is 4.87. The van der Waals surface area contributed by atoms with Crippen LogP contribution in [-0.2, 0) is 0 Å². The predicted octanol–water partition coefficient (Wildman–Crippen LogP) is 2.53. The van der Waals surface area contributed by atoms with Gasteiger partial charge in [0.2, 0.25) is 0 Å². The Bertz CT molecular complexity index is 579. The van der Waals surface area contributed by atoms with E-state index in [1.807, 2.05) is 19.9 Å². The van der Waals surface area contributed by atoms with E-state index in [2.05, 4.69) is 10.3 Å². The third-order valence-corrected chi connectivity index (χ3v) is 2.93. The van der Waals surface area contributed by atoms with Crippen molar-refractivity contribution in [2.75, 3.05) is 11.1 Å². The number of aryl methyl sites for hydroxylation is 1. The van der Waals surface area contributed by atoms with Crippen LogP contribution < -0.4 is 11.1 Å². The number of rotatable bonds is 2. The maximum absolute atomic E-state index is 12.0. The first-order valence-corrected chi connectivity index (χ1v) is 5.66. The number of benzene rings is 1. The molecule has 0 aliphatic rings. The first-order chi connectivity index (χ1) is 8.59. The second-order valence-corrected chi connectivity index (χ2v) is 4.17. The third-order valence-electron chi connectivity index (χ3n) is 2.93. The van der Waals surface area contributed by atoms with Crippen molar-refractivity contribution >= 4 is 17.3 Å². The van der Waals surface area contributed by atoms with Gasteiger partial charge < -0.3 is 11.1 Å². The quantitative estimate of drug-likeness (QED) is 0.794. The van der Waals surface area contributed by atoms with E-state index in [0.29, 0.717) is 16.9 Å². The molecule has 2 rings (SSSR count). The monoisotopic (exact) mass is 241 g/mol. The summed E-state index contributed by atoms with van der Waals surface area (Å²) in [6.07, 6.45) is 3.15. The van der Waals surface area contributed by atoms with Crippen LogP contribution in [0.5, 0.6) is 0 Å². The highest BCUT2D eigenvalue weighted by Gasteiger charge is 2.11. The van der Waals surface area contributed by atoms with Crippen LogP contribution in [0.25, 0.3) is 0 Å². The van der Waals surface area contributed by atoms with Gasteiger partial charge in [-0.05, 0) is 43.2 Å². The molecule has 0 saturated carbocycles. The molecule has 0 saturated heterocycles. The molecule has 0 aliphatic carbocycles. The molecule has 0 fully saturated rings. The molecule has 92 valence electrons. The number of nitrogens with two attached hydrogens (primary N) is 1. The fourth-order valence-corrected chi connectivity index (χ4v) is 1.69. The van der Waals surface area contributed by atoms with Crippen molar-refractivity contribution < 1.29 is 4.79 Å². The normalized spacial score (nSPS) is 10.1. The van der Waals surface area contributed by atoms with Crippen molar-refractivity contribution in [2.24, 2.45) is 0 Å². The van der Waals surface area contributed by atoms with Crippen LogP contribution in [0.3, 0.4) is 0 Å². The summed E-state index contributed by atoms with van der Waals surface area (Å²) < 4.78 is 0. The van der Waals surface area contributed by atoms with E-state index in [9.17, 15) is 4.79 Å². The number of amides is 1. The average Bonchev–Trinajstić information content (AvgIpc) is 2.40. The number of aromatic nitrogens is 1. The molecule has 1 aromatic heterocycles. The molecule has 0 atom stereocenters. The minimum absolute atomic E-state index is 0.205. The van der Waals surface area contributed by atoms with Crippen molar-refractivity contribution in [1.82, 2.24) is 4.98 Å². The number of carbonyl (C=O) groups excluding carboxylic acids is 1. The van der Waals surface area contributed by atoms with Crippen molar-refractivity contribution in [2.45, 2.75) is 13.8 Å². The molecule has 3 N–H and O–H groups in total. The number of pyridine rings is 1. The topological polar surface area (TPSA) is 68.0 Å². The van der Waals surface area contributed by atoms with E-state index >= 15 is 0 Å². The third kappa shape index (κ3) is 2.32. The Kier molecular flexibility index (Phi) is 3.28. The summed E-state index contributed by atoms with van der Waals surface area (Å²) in [5.41, 5.74) is 9.70. The van der Waals surface area contributed by atoms with E-state index in [1.165, 1.54) is 6.20 Å². The van der Waals surface area contributed by atoms with Gasteiger partial charge in [0.1, 0.15) is 0 Å². The SMILES string of the molecule is Cc1ccc(N)c(NC(=O)c2cccnc2)c1C. The summed E-state index contributed by atoms with van der Waals surface area (Å²) >= 11 is 0. The standard InChI is InChI=1S/C14H15N3O/c1-9-5-6-12(15)13(10(9)2)17-14(18)11-4-3-7-16-8-11/h3-8H,15H2,1-2H3,(H,17,18). The van der Waals surface area contributed by atoms with Gasteiger partial charge in [0.15, 0.2) is 0 Å². The molecule has 4 heteroatoms. The molecule has 4 nitrogen and oxygen atoms in total. The molecular formula is C14H15N3O. The largest absolute Gasteiger partial charge is 0.397 e. The van der Waals surface area contributed by atoms with Gasteiger partial charge in [0.25, 0.3) is 5.91 Å². The number of hydrogen-bond acceptors (Lipinski definition) is 3. The van der Waals surface area contributed by atoms with Crippen molar-refractivity contribution in [3.63, 3.8) is 0 Å². The Hall–Kier alpha value is -2.36. The zero-order valence-electron chi connectivity index (χ0n) is 10.4. The van der Waals surface area contributed by atoms with Crippen LogP contribution in [0.4, 0.5) is 11.4 Å². The molecule has 0 unspecified atom stereocenters. The van der Waals surface area contributed by atoms with Gasteiger partial charge in [-0.2, -0.15) is 0 Å². The Labute approximate surface area is 106 Å². The summed E-state index contributed by atoms with van der Waals surface area (Å²) in [6.45, 7) is 3.92. The van der Waals surface area contributed by atoms with E-state index in [0.717, 1.165) is 11.1 Å². The maximum atomic E-state index is 12.0. The summed E-state index contributed by atoms with van der Waals surface area (Å²) in [7, 11) is 0. The molecule has 1 amide bonds. The van der Waals surface area contributed by atoms with E-state index in [1.54, 1.807) is 24.4 Å². The highest BCUT2D eigenvalue weighted by molar-refractivity contribution is 6.06. The molecule has 1 aromatic carbocycles. The molecule has 0 radical (unpaired) electrons. The number of anilines is 2. The Balaban J connectivity index is 2.30. The number of nitrogen functional groups attached to an aromatic ring is 1. The van der Waals surface area contributed by atoms with Crippen LogP contribution in [0.1, 0.15) is 21.5 Å². The number of hydrogen-bond donors (Lipinski definition) is 2. The fourth-order valence-electron chi connectivity index (χ4n) is 1.69. The molecule has 18 heavy (non-hydrogen) atoms. The van der Waals surface area contributed by atoms with E-state index < -0.39 is 0 Å². The molecule has 0 aliphatic heterocycles. The van der Waals surface area contributed by atoms with Gasteiger partial charge in [-0.1, -0.05) is 6.07 Å². The van der Waals surface area contributed by atoms with Crippen LogP contribution >= 0.6 is 0 Å². The lowest BCUT2D eigenvalue weighted by Crippen LogP contribution is -2.14. The smallest absolute Gasteiger partial charge is 0.257 e. The molecule has 2 aromatic rings. The lowest BCUT2D eigenvalue weighted by Gasteiger charge is -2.13. The zero-order chi connectivity index (χ0) is 13.1. The average molecular weight is 241 g/mol. The van der Waals surface area contributed by atoms with Gasteiger partial charge in [0.05, 0.1) is 16.9 Å². The predicted molar refractivity (Wildman–Crippen MR) is 72.5 cm³/mol. The number of carbonyl (C=O) groups is 1. The number of nitrogens with one attached hydrogen (secondary N) is 1. The van der Waals surface area contributed by atoms with E-state index in [4.69, 9.17) is 5.73 Å². The maximum Gasteiger partial charge on any atom is 0.257 e. The molecular weight excluding hydrogens is 226 g/mol. The van der Waals surface area contributed by atoms with Crippen molar-refractivity contribution in [1.29, 1.82) is 0 Å². The number of nitrogens with zero attached hydrogens (tertiary/aromatic N) is 1.